The first-order valence-corrected chi connectivity index (χ1v) is 5.67. The van der Waals surface area contributed by atoms with Crippen molar-refractivity contribution in [3.05, 3.63) is 23.8 Å². The lowest BCUT2D eigenvalue weighted by molar-refractivity contribution is 0.387. The van der Waals surface area contributed by atoms with Gasteiger partial charge in [-0.05, 0) is 24.4 Å². The van der Waals surface area contributed by atoms with Crippen molar-refractivity contribution in [2.24, 2.45) is 10.7 Å². The van der Waals surface area contributed by atoms with E-state index < -0.39 is 0 Å². The van der Waals surface area contributed by atoms with E-state index >= 15 is 0 Å². The fourth-order valence-electron chi connectivity index (χ4n) is 1.67. The van der Waals surface area contributed by atoms with E-state index in [1.807, 2.05) is 12.1 Å². The van der Waals surface area contributed by atoms with Crippen LogP contribution in [0.25, 0.3) is 0 Å². The monoisotopic (exact) mass is 266 g/mol. The lowest BCUT2D eigenvalue weighted by Crippen LogP contribution is -2.49. The Kier molecular flexibility index (Phi) is 3.52. The van der Waals surface area contributed by atoms with Crippen LogP contribution >= 0.6 is 12.2 Å². The molecule has 0 spiro atoms. The van der Waals surface area contributed by atoms with Crippen molar-refractivity contribution in [1.29, 1.82) is 0 Å². The van der Waals surface area contributed by atoms with Crippen molar-refractivity contribution in [1.82, 2.24) is 10.6 Å². The highest BCUT2D eigenvalue weighted by Gasteiger charge is 2.21. The van der Waals surface area contributed by atoms with Crippen LogP contribution < -0.4 is 25.8 Å². The van der Waals surface area contributed by atoms with E-state index in [9.17, 15) is 0 Å². The molecule has 1 aromatic carbocycles. The van der Waals surface area contributed by atoms with Crippen molar-refractivity contribution in [2.75, 3.05) is 14.2 Å². The van der Waals surface area contributed by atoms with Crippen LogP contribution in [0.5, 0.6) is 11.5 Å². The molecular weight excluding hydrogens is 252 g/mol. The minimum Gasteiger partial charge on any atom is -0.497 e. The Morgan fingerprint density at radius 2 is 2.11 bits per heavy atom. The van der Waals surface area contributed by atoms with E-state index in [0.717, 1.165) is 5.56 Å². The molecule has 1 aliphatic rings. The second-order valence-corrected chi connectivity index (χ2v) is 4.03. The van der Waals surface area contributed by atoms with Crippen molar-refractivity contribution in [3.8, 4) is 11.5 Å². The molecule has 6 nitrogen and oxygen atoms in total. The van der Waals surface area contributed by atoms with Gasteiger partial charge in [-0.2, -0.15) is 0 Å². The summed E-state index contributed by atoms with van der Waals surface area (Å²) >= 11 is 5.04. The molecule has 0 unspecified atom stereocenters. The number of thiocarbonyl (C=S) groups is 1. The molecule has 0 radical (unpaired) electrons. The molecule has 2 rings (SSSR count). The van der Waals surface area contributed by atoms with Gasteiger partial charge in [0, 0.05) is 11.6 Å². The van der Waals surface area contributed by atoms with E-state index in [1.165, 1.54) is 0 Å². The van der Waals surface area contributed by atoms with Gasteiger partial charge in [-0.3, -0.25) is 0 Å². The fourth-order valence-corrected chi connectivity index (χ4v) is 1.89. The summed E-state index contributed by atoms with van der Waals surface area (Å²) in [6, 6.07) is 5.48. The van der Waals surface area contributed by atoms with Gasteiger partial charge in [-0.15, -0.1) is 0 Å². The lowest BCUT2D eigenvalue weighted by Gasteiger charge is -2.24. The number of hydrogen-bond donors (Lipinski definition) is 3. The molecule has 0 bridgehead atoms. The Morgan fingerprint density at radius 1 is 1.33 bits per heavy atom. The summed E-state index contributed by atoms with van der Waals surface area (Å²) in [6.07, 6.45) is -0.361. The number of hydrogen-bond acceptors (Lipinski definition) is 5. The highest BCUT2D eigenvalue weighted by Crippen LogP contribution is 2.30. The SMILES string of the molecule is COc1ccc([C@@H]2N=C(N)NC(=S)N2)c(OC)c1. The van der Waals surface area contributed by atoms with Gasteiger partial charge in [0.2, 0.25) is 0 Å². The summed E-state index contributed by atoms with van der Waals surface area (Å²) in [5.74, 6) is 1.65. The molecule has 0 saturated carbocycles. The molecule has 96 valence electrons. The first-order chi connectivity index (χ1) is 8.63. The van der Waals surface area contributed by atoms with Gasteiger partial charge < -0.3 is 25.8 Å². The van der Waals surface area contributed by atoms with Gasteiger partial charge in [0.25, 0.3) is 0 Å². The fraction of sp³-hybridized carbons (Fsp3) is 0.273. The number of nitrogens with zero attached hydrogens (tertiary/aromatic N) is 1. The van der Waals surface area contributed by atoms with Crippen LogP contribution in [0.15, 0.2) is 23.2 Å². The molecule has 1 heterocycles. The Hall–Kier alpha value is -2.02. The molecule has 18 heavy (non-hydrogen) atoms. The molecule has 1 atom stereocenters. The van der Waals surface area contributed by atoms with Gasteiger partial charge in [-0.25, -0.2) is 4.99 Å². The van der Waals surface area contributed by atoms with Gasteiger partial charge in [0.1, 0.15) is 11.5 Å². The molecule has 0 amide bonds. The Balaban J connectivity index is 2.38. The molecule has 1 aromatic rings. The van der Waals surface area contributed by atoms with Crippen molar-refractivity contribution in [2.45, 2.75) is 6.17 Å². The average molecular weight is 266 g/mol. The zero-order valence-corrected chi connectivity index (χ0v) is 10.9. The minimum atomic E-state index is -0.361. The third-order valence-corrected chi connectivity index (χ3v) is 2.73. The number of aliphatic imine (C=N–C) groups is 1. The minimum absolute atomic E-state index is 0.279. The number of guanidine groups is 1. The van der Waals surface area contributed by atoms with Gasteiger partial charge in [0.05, 0.1) is 14.2 Å². The summed E-state index contributed by atoms with van der Waals surface area (Å²) < 4.78 is 10.5. The van der Waals surface area contributed by atoms with E-state index in [2.05, 4.69) is 15.6 Å². The molecule has 0 aliphatic carbocycles. The quantitative estimate of drug-likeness (QED) is 0.691. The Morgan fingerprint density at radius 3 is 2.72 bits per heavy atom. The predicted octanol–water partition coefficient (Wildman–Crippen LogP) is 0.495. The molecule has 0 fully saturated rings. The second kappa shape index (κ2) is 5.09. The molecule has 7 heteroatoms. The summed E-state index contributed by atoms with van der Waals surface area (Å²) in [7, 11) is 3.19. The molecular formula is C11H14N4O2S. The normalized spacial score (nSPS) is 18.4. The van der Waals surface area contributed by atoms with E-state index in [-0.39, 0.29) is 12.1 Å². The standard InChI is InChI=1S/C11H14N4O2S/c1-16-6-3-4-7(8(5-6)17-2)9-13-10(12)15-11(18)14-9/h3-5,9H,1-2H3,(H4,12,13,14,15,18)/t9-/m1/s1. The van der Waals surface area contributed by atoms with Gasteiger partial charge in [0.15, 0.2) is 17.2 Å². The zero-order valence-electron chi connectivity index (χ0n) is 10.1. The predicted molar refractivity (Wildman–Crippen MR) is 72.8 cm³/mol. The van der Waals surface area contributed by atoms with Crippen LogP contribution in [0.1, 0.15) is 11.7 Å². The summed E-state index contributed by atoms with van der Waals surface area (Å²) in [5.41, 5.74) is 6.48. The highest BCUT2D eigenvalue weighted by atomic mass is 32.1. The Labute approximate surface area is 110 Å². The topological polar surface area (TPSA) is 80.9 Å². The van der Waals surface area contributed by atoms with Crippen LogP contribution in [0.2, 0.25) is 0 Å². The first-order valence-electron chi connectivity index (χ1n) is 5.26. The van der Waals surface area contributed by atoms with Crippen LogP contribution in [-0.4, -0.2) is 25.3 Å². The third kappa shape index (κ3) is 2.45. The van der Waals surface area contributed by atoms with Crippen LogP contribution in [-0.2, 0) is 0 Å². The molecule has 0 saturated heterocycles. The van der Waals surface area contributed by atoms with Crippen LogP contribution in [0.4, 0.5) is 0 Å². The molecule has 1 aliphatic heterocycles. The average Bonchev–Trinajstić information content (AvgIpc) is 2.36. The number of rotatable bonds is 3. The summed E-state index contributed by atoms with van der Waals surface area (Å²) in [4.78, 5) is 4.23. The van der Waals surface area contributed by atoms with Crippen LogP contribution in [0.3, 0.4) is 0 Å². The smallest absolute Gasteiger partial charge is 0.197 e. The number of nitrogens with two attached hydrogens (primary N) is 1. The first kappa shape index (κ1) is 12.4. The number of ether oxygens (including phenoxy) is 2. The highest BCUT2D eigenvalue weighted by molar-refractivity contribution is 7.80. The maximum atomic E-state index is 5.65. The molecule has 0 aromatic heterocycles. The largest absolute Gasteiger partial charge is 0.497 e. The van der Waals surface area contributed by atoms with E-state index in [0.29, 0.717) is 16.6 Å². The zero-order chi connectivity index (χ0) is 13.1. The maximum absolute atomic E-state index is 5.65. The number of nitrogens with one attached hydrogen (secondary N) is 2. The third-order valence-electron chi connectivity index (χ3n) is 2.51. The van der Waals surface area contributed by atoms with Gasteiger partial charge >= 0.3 is 0 Å². The number of benzene rings is 1. The van der Waals surface area contributed by atoms with E-state index in [4.69, 9.17) is 27.4 Å². The van der Waals surface area contributed by atoms with E-state index in [1.54, 1.807) is 20.3 Å². The summed E-state index contributed by atoms with van der Waals surface area (Å²) in [6.45, 7) is 0. The van der Waals surface area contributed by atoms with Crippen molar-refractivity contribution in [3.63, 3.8) is 0 Å². The Bertz CT molecular complexity index is 504. The van der Waals surface area contributed by atoms with Crippen molar-refractivity contribution < 1.29 is 9.47 Å². The maximum Gasteiger partial charge on any atom is 0.197 e. The lowest BCUT2D eigenvalue weighted by atomic mass is 10.1. The van der Waals surface area contributed by atoms with Gasteiger partial charge in [-0.1, -0.05) is 0 Å². The second-order valence-electron chi connectivity index (χ2n) is 3.62. The van der Waals surface area contributed by atoms with Crippen molar-refractivity contribution >= 4 is 23.3 Å². The summed E-state index contributed by atoms with van der Waals surface area (Å²) in [5, 5.41) is 6.16. The number of methoxy groups -OCH3 is 2. The molecule has 4 N–H and O–H groups in total. The van der Waals surface area contributed by atoms with Crippen LogP contribution in [0, 0.1) is 0 Å².